The number of piperidine rings is 1. The fraction of sp³-hybridized carbons (Fsp3) is 1.00. The minimum absolute atomic E-state index is 0.353. The Morgan fingerprint density at radius 1 is 0.944 bits per heavy atom. The fourth-order valence-corrected chi connectivity index (χ4v) is 4.14. The molecule has 1 rings (SSSR count). The van der Waals surface area contributed by atoms with Crippen LogP contribution >= 0.6 is 0 Å². The highest BCUT2D eigenvalue weighted by Gasteiger charge is 2.44. The molecule has 0 spiro atoms. The largest absolute Gasteiger partial charge is 0.296 e. The summed E-state index contributed by atoms with van der Waals surface area (Å²) in [5.74, 6) is 1.87. The third-order valence-corrected chi connectivity index (χ3v) is 5.33. The predicted octanol–water partition coefficient (Wildman–Crippen LogP) is 5.10. The Balaban J connectivity index is 2.83. The molecule has 0 saturated carbocycles. The van der Waals surface area contributed by atoms with Crippen molar-refractivity contribution in [3.8, 4) is 0 Å². The van der Waals surface area contributed by atoms with E-state index in [-0.39, 0.29) is 0 Å². The molecule has 18 heavy (non-hydrogen) atoms. The Morgan fingerprint density at radius 3 is 1.67 bits per heavy atom. The van der Waals surface area contributed by atoms with Gasteiger partial charge in [0, 0.05) is 11.1 Å². The second kappa shape index (κ2) is 5.94. The summed E-state index contributed by atoms with van der Waals surface area (Å²) in [4.78, 5) is 2.60. The number of rotatable bonds is 5. The molecule has 108 valence electrons. The standard InChI is InChI=1S/C17H35N/c1-8-10-14(11-9-2)15-12-16(3,4)18(7)17(5,6)13-15/h14-15H,8-13H2,1-7H3. The summed E-state index contributed by atoms with van der Waals surface area (Å²) in [5, 5.41) is 0. The molecule has 0 atom stereocenters. The van der Waals surface area contributed by atoms with Crippen molar-refractivity contribution in [2.24, 2.45) is 11.8 Å². The Morgan fingerprint density at radius 2 is 1.33 bits per heavy atom. The molecule has 0 radical (unpaired) electrons. The van der Waals surface area contributed by atoms with Gasteiger partial charge in [-0.05, 0) is 59.4 Å². The highest BCUT2D eigenvalue weighted by atomic mass is 15.2. The van der Waals surface area contributed by atoms with Crippen LogP contribution in [0.4, 0.5) is 0 Å². The SMILES string of the molecule is CCCC(CCC)C1CC(C)(C)N(C)C(C)(C)C1. The average molecular weight is 253 g/mol. The van der Waals surface area contributed by atoms with E-state index in [0.717, 1.165) is 11.8 Å². The van der Waals surface area contributed by atoms with E-state index >= 15 is 0 Å². The van der Waals surface area contributed by atoms with Crippen molar-refractivity contribution in [2.75, 3.05) is 7.05 Å². The van der Waals surface area contributed by atoms with Gasteiger partial charge in [0.1, 0.15) is 0 Å². The lowest BCUT2D eigenvalue weighted by atomic mass is 9.67. The van der Waals surface area contributed by atoms with E-state index in [4.69, 9.17) is 0 Å². The predicted molar refractivity (Wildman–Crippen MR) is 82.0 cm³/mol. The maximum atomic E-state index is 2.60. The zero-order valence-corrected chi connectivity index (χ0v) is 13.8. The Hall–Kier alpha value is -0.0400. The van der Waals surface area contributed by atoms with Crippen LogP contribution in [-0.4, -0.2) is 23.0 Å². The van der Waals surface area contributed by atoms with Gasteiger partial charge in [0.05, 0.1) is 0 Å². The van der Waals surface area contributed by atoms with E-state index < -0.39 is 0 Å². The van der Waals surface area contributed by atoms with Crippen molar-refractivity contribution in [1.82, 2.24) is 4.90 Å². The van der Waals surface area contributed by atoms with Crippen molar-refractivity contribution in [3.63, 3.8) is 0 Å². The van der Waals surface area contributed by atoms with Crippen LogP contribution in [0.25, 0.3) is 0 Å². The Kier molecular flexibility index (Phi) is 5.29. The molecule has 1 saturated heterocycles. The first-order valence-corrected chi connectivity index (χ1v) is 7.98. The van der Waals surface area contributed by atoms with Crippen LogP contribution in [-0.2, 0) is 0 Å². The summed E-state index contributed by atoms with van der Waals surface area (Å²) in [6.45, 7) is 14.4. The van der Waals surface area contributed by atoms with E-state index in [1.54, 1.807) is 0 Å². The fourth-order valence-electron chi connectivity index (χ4n) is 4.14. The molecule has 0 aromatic heterocycles. The molecule has 1 heterocycles. The van der Waals surface area contributed by atoms with E-state index in [9.17, 15) is 0 Å². The molecule has 0 aliphatic carbocycles. The third-order valence-electron chi connectivity index (χ3n) is 5.33. The first kappa shape index (κ1) is 16.0. The Labute approximate surface area is 115 Å². The van der Waals surface area contributed by atoms with Gasteiger partial charge in [-0.3, -0.25) is 4.90 Å². The number of likely N-dealkylation sites (tertiary alicyclic amines) is 1. The van der Waals surface area contributed by atoms with Crippen LogP contribution < -0.4 is 0 Å². The highest BCUT2D eigenvalue weighted by Crippen LogP contribution is 2.44. The van der Waals surface area contributed by atoms with Crippen LogP contribution in [0, 0.1) is 11.8 Å². The van der Waals surface area contributed by atoms with E-state index in [2.05, 4.69) is 53.5 Å². The lowest BCUT2D eigenvalue weighted by Crippen LogP contribution is -2.59. The molecule has 1 nitrogen and oxygen atoms in total. The summed E-state index contributed by atoms with van der Waals surface area (Å²) < 4.78 is 0. The quantitative estimate of drug-likeness (QED) is 0.658. The second-order valence-corrected chi connectivity index (χ2v) is 7.69. The van der Waals surface area contributed by atoms with E-state index in [0.29, 0.717) is 11.1 Å². The summed E-state index contributed by atoms with van der Waals surface area (Å²) in [6, 6.07) is 0. The molecular weight excluding hydrogens is 218 g/mol. The average Bonchev–Trinajstić information content (AvgIpc) is 2.24. The molecule has 1 heteroatoms. The molecular formula is C17H35N. The summed E-state index contributed by atoms with van der Waals surface area (Å²) in [5.41, 5.74) is 0.707. The zero-order chi connectivity index (χ0) is 14.0. The minimum Gasteiger partial charge on any atom is -0.296 e. The Bertz CT molecular complexity index is 230. The molecule has 0 aromatic carbocycles. The molecule has 1 aliphatic rings. The minimum atomic E-state index is 0.353. The third kappa shape index (κ3) is 3.50. The normalized spacial score (nSPS) is 24.7. The van der Waals surface area contributed by atoms with Gasteiger partial charge >= 0.3 is 0 Å². The summed E-state index contributed by atoms with van der Waals surface area (Å²) >= 11 is 0. The van der Waals surface area contributed by atoms with Gasteiger partial charge < -0.3 is 0 Å². The maximum Gasteiger partial charge on any atom is 0.0158 e. The summed E-state index contributed by atoms with van der Waals surface area (Å²) in [7, 11) is 2.31. The van der Waals surface area contributed by atoms with Crippen LogP contribution in [0.3, 0.4) is 0 Å². The topological polar surface area (TPSA) is 3.24 Å². The molecule has 0 unspecified atom stereocenters. The molecule has 0 amide bonds. The van der Waals surface area contributed by atoms with Gasteiger partial charge in [-0.1, -0.05) is 39.5 Å². The summed E-state index contributed by atoms with van der Waals surface area (Å²) in [6.07, 6.45) is 8.29. The zero-order valence-electron chi connectivity index (χ0n) is 13.8. The molecule has 0 aromatic rings. The second-order valence-electron chi connectivity index (χ2n) is 7.69. The molecule has 1 aliphatic heterocycles. The monoisotopic (exact) mass is 253 g/mol. The van der Waals surface area contributed by atoms with Crippen LogP contribution in [0.1, 0.15) is 80.1 Å². The van der Waals surface area contributed by atoms with E-state index in [1.807, 2.05) is 0 Å². The van der Waals surface area contributed by atoms with Crippen LogP contribution in [0.2, 0.25) is 0 Å². The molecule has 0 bridgehead atoms. The van der Waals surface area contributed by atoms with Crippen molar-refractivity contribution in [2.45, 2.75) is 91.1 Å². The lowest BCUT2D eigenvalue weighted by Gasteiger charge is -2.55. The lowest BCUT2D eigenvalue weighted by molar-refractivity contribution is -0.0462. The van der Waals surface area contributed by atoms with Gasteiger partial charge in [0.2, 0.25) is 0 Å². The number of hydrogen-bond acceptors (Lipinski definition) is 1. The van der Waals surface area contributed by atoms with Gasteiger partial charge in [0.15, 0.2) is 0 Å². The first-order chi connectivity index (χ1) is 8.24. The van der Waals surface area contributed by atoms with Gasteiger partial charge in [-0.2, -0.15) is 0 Å². The van der Waals surface area contributed by atoms with Crippen molar-refractivity contribution >= 4 is 0 Å². The smallest absolute Gasteiger partial charge is 0.0158 e. The van der Waals surface area contributed by atoms with Crippen LogP contribution in [0.5, 0.6) is 0 Å². The van der Waals surface area contributed by atoms with Gasteiger partial charge in [-0.25, -0.2) is 0 Å². The van der Waals surface area contributed by atoms with Crippen molar-refractivity contribution < 1.29 is 0 Å². The van der Waals surface area contributed by atoms with Crippen LogP contribution in [0.15, 0.2) is 0 Å². The highest BCUT2D eigenvalue weighted by molar-refractivity contribution is 4.99. The number of hydrogen-bond donors (Lipinski definition) is 0. The van der Waals surface area contributed by atoms with Crippen molar-refractivity contribution in [3.05, 3.63) is 0 Å². The van der Waals surface area contributed by atoms with Crippen molar-refractivity contribution in [1.29, 1.82) is 0 Å². The van der Waals surface area contributed by atoms with Gasteiger partial charge in [0.25, 0.3) is 0 Å². The molecule has 0 N–H and O–H groups in total. The number of nitrogens with zero attached hydrogens (tertiary/aromatic N) is 1. The van der Waals surface area contributed by atoms with E-state index in [1.165, 1.54) is 38.5 Å². The first-order valence-electron chi connectivity index (χ1n) is 7.98. The molecule has 1 fully saturated rings. The maximum absolute atomic E-state index is 2.60. The van der Waals surface area contributed by atoms with Gasteiger partial charge in [-0.15, -0.1) is 0 Å².